The Bertz CT molecular complexity index is 6030. The Morgan fingerprint density at radius 1 is 0.264 bits per heavy atom. The molecule has 0 fully saturated rings. The summed E-state index contributed by atoms with van der Waals surface area (Å²) in [5.41, 5.74) is 20.2. The van der Waals surface area contributed by atoms with Crippen LogP contribution in [-0.4, -0.2) is 37.8 Å². The highest BCUT2D eigenvalue weighted by Gasteiger charge is 2.56. The average molecular weight is 1160 g/mol. The van der Waals surface area contributed by atoms with Crippen LogP contribution < -0.4 is 4.74 Å². The molecule has 9 heterocycles. The molecule has 19 aromatic rings. The quantitative estimate of drug-likeness (QED) is 0.172. The molecule has 1 spiro atoms. The maximum atomic E-state index is 7.72. The highest BCUT2D eigenvalue weighted by Crippen LogP contribution is 2.65. The predicted octanol–water partition coefficient (Wildman–Crippen LogP) is 19.8. The van der Waals surface area contributed by atoms with Gasteiger partial charge in [-0.05, 0) is 109 Å². The van der Waals surface area contributed by atoms with Gasteiger partial charge in [-0.15, -0.1) is 0 Å². The van der Waals surface area contributed by atoms with Gasteiger partial charge in [-0.1, -0.05) is 158 Å². The molecular weight excluding hydrogens is 1110 g/mol. The number of hydrogen-bond donors (Lipinski definition) is 0. The second-order valence-corrected chi connectivity index (χ2v) is 24.2. The van der Waals surface area contributed by atoms with E-state index in [1.165, 1.54) is 43.1 Å². The van der Waals surface area contributed by atoms with E-state index in [0.717, 1.165) is 140 Å². The van der Waals surface area contributed by atoms with E-state index in [0.29, 0.717) is 0 Å². The van der Waals surface area contributed by atoms with Gasteiger partial charge in [0.1, 0.15) is 11.5 Å². The van der Waals surface area contributed by atoms with Gasteiger partial charge in [0.2, 0.25) is 0 Å². The van der Waals surface area contributed by atoms with Gasteiger partial charge in [0, 0.05) is 88.0 Å². The fraction of sp³-hybridized carbons (Fsp3) is 0.0122. The Hall–Kier alpha value is -12.3. The van der Waals surface area contributed by atoms with Crippen LogP contribution >= 0.6 is 0 Å². The van der Waals surface area contributed by atoms with Gasteiger partial charge in [-0.25, -0.2) is 0 Å². The van der Waals surface area contributed by atoms with Gasteiger partial charge >= 0.3 is 0 Å². The lowest BCUT2D eigenvalue weighted by atomic mass is 9.65. The summed E-state index contributed by atoms with van der Waals surface area (Å²) in [6.45, 7) is 0. The van der Waals surface area contributed by atoms with Crippen molar-refractivity contribution in [3.63, 3.8) is 0 Å². The number of fused-ring (bicyclic) bond motifs is 24. The predicted molar refractivity (Wildman–Crippen MR) is 369 cm³/mol. The molecule has 8 aromatic heterocycles. The Labute approximate surface area is 519 Å². The summed E-state index contributed by atoms with van der Waals surface area (Å²) in [7, 11) is 0. The fourth-order valence-corrected chi connectivity index (χ4v) is 16.4. The van der Waals surface area contributed by atoms with E-state index in [1.807, 2.05) is 12.4 Å². The third-order valence-electron chi connectivity index (χ3n) is 19.9. The zero-order chi connectivity index (χ0) is 59.2. The summed E-state index contributed by atoms with van der Waals surface area (Å²) in [6.07, 6.45) is 8.00. The molecule has 1 aliphatic carbocycles. The number of ether oxygens (including phenoxy) is 1. The molecule has 0 radical (unpaired) electrons. The first-order valence-corrected chi connectivity index (χ1v) is 31.0. The third kappa shape index (κ3) is 6.30. The first-order valence-electron chi connectivity index (χ1n) is 31.0. The molecule has 0 atom stereocenters. The number of pyridine rings is 3. The number of hydrogen-bond acceptors (Lipinski definition) is 4. The van der Waals surface area contributed by atoms with Gasteiger partial charge in [-0.2, -0.15) is 0 Å². The number of para-hydroxylation sites is 8. The molecule has 0 saturated heterocycles. The molecule has 0 saturated carbocycles. The second kappa shape index (κ2) is 17.9. The molecule has 2 aliphatic rings. The van der Waals surface area contributed by atoms with Crippen molar-refractivity contribution >= 4 is 109 Å². The summed E-state index contributed by atoms with van der Waals surface area (Å²) < 4.78 is 19.8. The lowest BCUT2D eigenvalue weighted by Crippen LogP contribution is -2.35. The van der Waals surface area contributed by atoms with Crippen LogP contribution in [0.5, 0.6) is 11.5 Å². The van der Waals surface area contributed by atoms with Crippen molar-refractivity contribution in [3.8, 4) is 51.3 Å². The smallest absolute Gasteiger partial charge is 0.134 e. The van der Waals surface area contributed by atoms with Crippen molar-refractivity contribution in [1.29, 1.82) is 0 Å². The second-order valence-electron chi connectivity index (χ2n) is 24.2. The summed E-state index contributed by atoms with van der Waals surface area (Å²) >= 11 is 0. The van der Waals surface area contributed by atoms with E-state index in [4.69, 9.17) is 14.7 Å². The monoisotopic (exact) mass is 1160 g/mol. The first kappa shape index (κ1) is 48.7. The van der Waals surface area contributed by atoms with Gasteiger partial charge in [0.25, 0.3) is 0 Å². The lowest BCUT2D eigenvalue weighted by Gasteiger charge is -2.42. The van der Waals surface area contributed by atoms with Crippen molar-refractivity contribution in [1.82, 2.24) is 37.8 Å². The van der Waals surface area contributed by atoms with E-state index in [1.54, 1.807) is 0 Å². The van der Waals surface area contributed by atoms with Crippen molar-refractivity contribution in [3.05, 3.63) is 314 Å². The molecule has 1 aliphatic heterocycles. The van der Waals surface area contributed by atoms with Gasteiger partial charge in [0.05, 0.1) is 113 Å². The Kier molecular flexibility index (Phi) is 9.59. The summed E-state index contributed by atoms with van der Waals surface area (Å²) in [6, 6.07) is 97.3. The van der Waals surface area contributed by atoms with Crippen molar-refractivity contribution in [2.45, 2.75) is 5.41 Å². The molecule has 9 nitrogen and oxygen atoms in total. The SMILES string of the molecule is c1cc2c(c(-n3c4ccccc4c4ccccc43)c1)C1(c3cc(-n4c5ccccc5c5ccccc54)cnc3-c3ncc(-n4c5ccccc5c5ccccc54)cc31)c1c(cccc1-n1c3ccccc3c3cc(-n4c5ccccc5c5ccncc54)ccc31)O2. The molecule has 11 aromatic carbocycles. The summed E-state index contributed by atoms with van der Waals surface area (Å²) in [5, 5.41) is 11.6. The van der Waals surface area contributed by atoms with Gasteiger partial charge in [-0.3, -0.25) is 15.0 Å². The minimum Gasteiger partial charge on any atom is -0.457 e. The molecule has 9 heteroatoms. The highest BCUT2D eigenvalue weighted by atomic mass is 16.5. The molecule has 91 heavy (non-hydrogen) atoms. The maximum absolute atomic E-state index is 7.72. The van der Waals surface area contributed by atoms with Crippen LogP contribution in [0.3, 0.4) is 0 Å². The van der Waals surface area contributed by atoms with E-state index in [-0.39, 0.29) is 0 Å². The molecule has 0 bridgehead atoms. The fourth-order valence-electron chi connectivity index (χ4n) is 16.4. The molecule has 0 N–H and O–H groups in total. The Balaban J connectivity index is 0.936. The van der Waals surface area contributed by atoms with E-state index < -0.39 is 5.41 Å². The molecule has 0 unspecified atom stereocenters. The van der Waals surface area contributed by atoms with E-state index in [9.17, 15) is 0 Å². The standard InChI is InChI=1S/C82H48N8O/c1-10-28-65-52(19-1)53-20-2-11-29-66(53)87(65)50-44-62-80(84-46-50)81-63(45-51(47-85-81)88-67-30-12-3-21-54(67)55-22-4-13-31-68(55)88)82(62)78-73(89-69-32-14-6-23-56(69)57-24-7-15-33-70(57)89)35-17-37-76(78)91-77-38-18-36-74(79(77)82)90-71-34-16-8-26-59(71)61-43-49(39-40-72(61)90)86-64-27-9-5-25-58(64)60-41-42-83-48-75(60)86/h1-48H. The van der Waals surface area contributed by atoms with Crippen molar-refractivity contribution in [2.75, 3.05) is 0 Å². The largest absolute Gasteiger partial charge is 0.457 e. The third-order valence-corrected chi connectivity index (χ3v) is 19.9. The zero-order valence-electron chi connectivity index (χ0n) is 48.7. The molecule has 21 rings (SSSR count). The number of aromatic nitrogens is 8. The maximum Gasteiger partial charge on any atom is 0.134 e. The van der Waals surface area contributed by atoms with Crippen LogP contribution in [-0.2, 0) is 5.41 Å². The van der Waals surface area contributed by atoms with Crippen molar-refractivity contribution in [2.24, 2.45) is 0 Å². The van der Waals surface area contributed by atoms with Crippen LogP contribution in [0.4, 0.5) is 0 Å². The lowest BCUT2D eigenvalue weighted by molar-refractivity contribution is 0.435. The molecular formula is C82H48N8O. The number of nitrogens with zero attached hydrogens (tertiary/aromatic N) is 8. The van der Waals surface area contributed by atoms with Crippen LogP contribution in [0, 0.1) is 0 Å². The Morgan fingerprint density at radius 2 is 0.604 bits per heavy atom. The molecule has 0 amide bonds. The van der Waals surface area contributed by atoms with Crippen LogP contribution in [0.2, 0.25) is 0 Å². The zero-order valence-corrected chi connectivity index (χ0v) is 48.7. The summed E-state index contributed by atoms with van der Waals surface area (Å²) in [4.78, 5) is 16.2. The minimum absolute atomic E-state index is 0.744. The normalized spacial score (nSPS) is 13.2. The van der Waals surface area contributed by atoms with Gasteiger partial charge in [0.15, 0.2) is 0 Å². The van der Waals surface area contributed by atoms with Crippen LogP contribution in [0.15, 0.2) is 292 Å². The highest BCUT2D eigenvalue weighted by molar-refractivity contribution is 6.15. The minimum atomic E-state index is -1.19. The van der Waals surface area contributed by atoms with E-state index in [2.05, 4.69) is 307 Å². The first-order chi connectivity index (χ1) is 45.2. The van der Waals surface area contributed by atoms with E-state index >= 15 is 0 Å². The molecule has 422 valence electrons. The topological polar surface area (TPSA) is 72.5 Å². The number of rotatable bonds is 5. The van der Waals surface area contributed by atoms with Crippen LogP contribution in [0.25, 0.3) is 149 Å². The average Bonchev–Trinajstić information content (AvgIpc) is 1.56. The summed E-state index contributed by atoms with van der Waals surface area (Å²) in [5.74, 6) is 1.49. The number of benzene rings is 11. The Morgan fingerprint density at radius 3 is 1.01 bits per heavy atom. The van der Waals surface area contributed by atoms with Crippen molar-refractivity contribution < 1.29 is 4.74 Å². The van der Waals surface area contributed by atoms with Crippen LogP contribution in [0.1, 0.15) is 22.3 Å². The van der Waals surface area contributed by atoms with Gasteiger partial charge < -0.3 is 27.6 Å².